The van der Waals surface area contributed by atoms with Gasteiger partial charge in [-0.3, -0.25) is 4.79 Å². The first-order valence-corrected chi connectivity index (χ1v) is 8.78. The van der Waals surface area contributed by atoms with Crippen LogP contribution in [-0.2, 0) is 16.0 Å². The highest BCUT2D eigenvalue weighted by Gasteiger charge is 2.54. The van der Waals surface area contributed by atoms with Gasteiger partial charge in [0.25, 0.3) is 0 Å². The van der Waals surface area contributed by atoms with E-state index in [0.717, 1.165) is 65.0 Å². The summed E-state index contributed by atoms with van der Waals surface area (Å²) in [6.07, 6.45) is 4.95. The molecule has 0 aromatic heterocycles. The van der Waals surface area contributed by atoms with Gasteiger partial charge in [-0.2, -0.15) is 0 Å². The van der Waals surface area contributed by atoms with Gasteiger partial charge in [-0.25, -0.2) is 0 Å². The van der Waals surface area contributed by atoms with Gasteiger partial charge in [0.15, 0.2) is 0 Å². The van der Waals surface area contributed by atoms with Gasteiger partial charge in [0.2, 0.25) is 0 Å². The van der Waals surface area contributed by atoms with Crippen LogP contribution in [0.1, 0.15) is 31.2 Å². The average Bonchev–Trinajstić information content (AvgIpc) is 3.09. The zero-order valence-electron chi connectivity index (χ0n) is 14.2. The number of benzene rings is 1. The summed E-state index contributed by atoms with van der Waals surface area (Å²) in [5.74, 6) is -0.222. The molecule has 3 rings (SSSR count). The second kappa shape index (κ2) is 8.84. The third-order valence-corrected chi connectivity index (χ3v) is 5.51. The van der Waals surface area contributed by atoms with E-state index in [2.05, 4.69) is 29.2 Å². The number of hydrogen-bond donors (Lipinski definition) is 1. The number of likely N-dealkylation sites (tertiary alicyclic amines) is 1. The summed E-state index contributed by atoms with van der Waals surface area (Å²) in [5, 5.41) is 9.59. The molecule has 1 N–H and O–H groups in total. The maximum atomic E-state index is 11.6. The van der Waals surface area contributed by atoms with Gasteiger partial charge < -0.3 is 14.7 Å². The highest BCUT2D eigenvalue weighted by atomic mass is 35.5. The summed E-state index contributed by atoms with van der Waals surface area (Å²) in [6.45, 7) is 4.16. The van der Waals surface area contributed by atoms with E-state index >= 15 is 0 Å². The van der Waals surface area contributed by atoms with Crippen LogP contribution in [0.5, 0.6) is 0 Å². The van der Waals surface area contributed by atoms with Crippen molar-refractivity contribution >= 4 is 18.4 Å². The van der Waals surface area contributed by atoms with Crippen molar-refractivity contribution < 1.29 is 14.6 Å². The average molecular weight is 354 g/mol. The maximum Gasteiger partial charge on any atom is 0.311 e. The Balaban J connectivity index is 0.00000208. The zero-order chi connectivity index (χ0) is 16.1. The summed E-state index contributed by atoms with van der Waals surface area (Å²) >= 11 is 0. The lowest BCUT2D eigenvalue weighted by Gasteiger charge is -2.23. The maximum absolute atomic E-state index is 11.6. The molecular weight excluding hydrogens is 326 g/mol. The molecule has 4 nitrogen and oxygen atoms in total. The van der Waals surface area contributed by atoms with Crippen molar-refractivity contribution in [3.63, 3.8) is 0 Å². The number of nitrogens with zero attached hydrogens (tertiary/aromatic N) is 1. The lowest BCUT2D eigenvalue weighted by molar-refractivity contribution is -0.149. The van der Waals surface area contributed by atoms with Gasteiger partial charge >= 0.3 is 5.97 Å². The van der Waals surface area contributed by atoms with Crippen LogP contribution in [0.3, 0.4) is 0 Å². The Morgan fingerprint density at radius 1 is 1.29 bits per heavy atom. The predicted octanol–water partition coefficient (Wildman–Crippen LogP) is 3.24. The minimum absolute atomic E-state index is 0. The van der Waals surface area contributed by atoms with Crippen LogP contribution >= 0.6 is 12.4 Å². The molecule has 1 saturated carbocycles. The predicted molar refractivity (Wildman–Crippen MR) is 96.7 cm³/mol. The van der Waals surface area contributed by atoms with Crippen LogP contribution < -0.4 is 0 Å². The Hall–Kier alpha value is -1.10. The highest BCUT2D eigenvalue weighted by Crippen LogP contribution is 2.48. The van der Waals surface area contributed by atoms with Crippen molar-refractivity contribution in [1.82, 2.24) is 4.90 Å². The van der Waals surface area contributed by atoms with Crippen LogP contribution in [0.4, 0.5) is 0 Å². The number of rotatable bonds is 8. The molecule has 0 spiro atoms. The van der Waals surface area contributed by atoms with Crippen molar-refractivity contribution in [2.24, 2.45) is 11.3 Å². The van der Waals surface area contributed by atoms with Crippen molar-refractivity contribution in [2.45, 2.75) is 32.1 Å². The summed E-state index contributed by atoms with van der Waals surface area (Å²) in [6, 6.07) is 10.4. The first-order chi connectivity index (χ1) is 11.2. The van der Waals surface area contributed by atoms with Crippen molar-refractivity contribution in [1.29, 1.82) is 0 Å². The molecule has 1 aromatic carbocycles. The normalized spacial score (nSPS) is 26.1. The van der Waals surface area contributed by atoms with E-state index < -0.39 is 11.4 Å². The van der Waals surface area contributed by atoms with Crippen LogP contribution in [0.25, 0.3) is 0 Å². The molecule has 134 valence electrons. The number of aliphatic carboxylic acids is 1. The smallest absolute Gasteiger partial charge is 0.311 e. The second-order valence-corrected chi connectivity index (χ2v) is 6.99. The largest absolute Gasteiger partial charge is 0.481 e. The van der Waals surface area contributed by atoms with Crippen LogP contribution in [0, 0.1) is 11.3 Å². The monoisotopic (exact) mass is 353 g/mol. The van der Waals surface area contributed by atoms with Crippen molar-refractivity contribution in [3.05, 3.63) is 35.9 Å². The first-order valence-electron chi connectivity index (χ1n) is 8.78. The van der Waals surface area contributed by atoms with Crippen LogP contribution in [-0.4, -0.2) is 48.8 Å². The van der Waals surface area contributed by atoms with E-state index in [1.807, 2.05) is 6.07 Å². The van der Waals surface area contributed by atoms with Crippen LogP contribution in [0.15, 0.2) is 30.3 Å². The Bertz CT molecular complexity index is 525. The minimum atomic E-state index is -0.582. The summed E-state index contributed by atoms with van der Waals surface area (Å²) in [5.41, 5.74) is 0.858. The SMILES string of the molecule is Cl.O=C(O)[C@@]12CCC[C@H]1CN(CCCOCCc1ccccc1)C2. The van der Waals surface area contributed by atoms with Gasteiger partial charge in [0.05, 0.1) is 12.0 Å². The lowest BCUT2D eigenvalue weighted by Crippen LogP contribution is -2.36. The van der Waals surface area contributed by atoms with Crippen LogP contribution in [0.2, 0.25) is 0 Å². The molecule has 1 aromatic rings. The molecule has 0 radical (unpaired) electrons. The van der Waals surface area contributed by atoms with E-state index in [9.17, 15) is 9.90 Å². The third kappa shape index (κ3) is 4.29. The summed E-state index contributed by atoms with van der Waals surface area (Å²) in [7, 11) is 0. The Morgan fingerprint density at radius 3 is 2.79 bits per heavy atom. The topological polar surface area (TPSA) is 49.8 Å². The quantitative estimate of drug-likeness (QED) is 0.729. The van der Waals surface area contributed by atoms with Gasteiger partial charge in [0.1, 0.15) is 0 Å². The van der Waals surface area contributed by atoms with Gasteiger partial charge in [-0.05, 0) is 37.2 Å². The lowest BCUT2D eigenvalue weighted by atomic mass is 9.81. The van der Waals surface area contributed by atoms with Crippen molar-refractivity contribution in [3.8, 4) is 0 Å². The Morgan fingerprint density at radius 2 is 2.08 bits per heavy atom. The van der Waals surface area contributed by atoms with E-state index in [1.54, 1.807) is 0 Å². The molecule has 0 amide bonds. The molecule has 1 aliphatic carbocycles. The Kier molecular flexibility index (Phi) is 7.08. The number of hydrogen-bond acceptors (Lipinski definition) is 3. The number of halogens is 1. The summed E-state index contributed by atoms with van der Waals surface area (Å²) in [4.78, 5) is 14.0. The van der Waals surface area contributed by atoms with E-state index in [0.29, 0.717) is 5.92 Å². The summed E-state index contributed by atoms with van der Waals surface area (Å²) < 4.78 is 5.72. The molecule has 0 unspecified atom stereocenters. The molecule has 0 bridgehead atoms. The zero-order valence-corrected chi connectivity index (χ0v) is 15.0. The molecule has 1 aliphatic heterocycles. The third-order valence-electron chi connectivity index (χ3n) is 5.51. The second-order valence-electron chi connectivity index (χ2n) is 6.99. The van der Waals surface area contributed by atoms with E-state index in [4.69, 9.17) is 4.74 Å². The highest BCUT2D eigenvalue weighted by molar-refractivity contribution is 5.85. The fourth-order valence-corrected chi connectivity index (χ4v) is 4.24. The van der Waals surface area contributed by atoms with Crippen molar-refractivity contribution in [2.75, 3.05) is 32.8 Å². The number of ether oxygens (including phenoxy) is 1. The first kappa shape index (κ1) is 19.2. The standard InChI is InChI=1S/C19H27NO3.ClH/c21-18(22)19-10-4-8-17(19)14-20(15-19)11-5-12-23-13-9-16-6-2-1-3-7-16;/h1-3,6-7,17H,4-5,8-15H2,(H,21,22);1H/t17-,19+;/m0./s1. The Labute approximate surface area is 150 Å². The molecule has 2 aliphatic rings. The van der Waals surface area contributed by atoms with E-state index in [1.165, 1.54) is 5.56 Å². The van der Waals surface area contributed by atoms with Gasteiger partial charge in [-0.1, -0.05) is 36.8 Å². The molecule has 2 fully saturated rings. The molecule has 1 heterocycles. The number of carboxylic acid groups (broad SMARTS) is 1. The number of carboxylic acids is 1. The molecule has 5 heteroatoms. The fraction of sp³-hybridized carbons (Fsp3) is 0.632. The minimum Gasteiger partial charge on any atom is -0.481 e. The molecule has 2 atom stereocenters. The van der Waals surface area contributed by atoms with Gasteiger partial charge in [-0.15, -0.1) is 12.4 Å². The number of fused-ring (bicyclic) bond motifs is 1. The fourth-order valence-electron chi connectivity index (χ4n) is 4.24. The molecule has 24 heavy (non-hydrogen) atoms. The number of carbonyl (C=O) groups is 1. The molecular formula is C19H28ClNO3. The van der Waals surface area contributed by atoms with Gasteiger partial charge in [0, 0.05) is 26.2 Å². The van der Waals surface area contributed by atoms with E-state index in [-0.39, 0.29) is 12.4 Å². The molecule has 1 saturated heterocycles.